The maximum absolute atomic E-state index is 5.90. The van der Waals surface area contributed by atoms with E-state index in [-0.39, 0.29) is 0 Å². The minimum atomic E-state index is -0.543. The molecule has 0 saturated heterocycles. The third-order valence-electron chi connectivity index (χ3n) is 1.32. The predicted molar refractivity (Wildman–Crippen MR) is 60.8 cm³/mol. The molecule has 1 aromatic carbocycles. The standard InChI is InChI=1S/C6HCl4.BrH.Mg/c7-3-1-2-4(8)6(10)5(3)9;;/h1H;1H;/q;;+1/p-1. The largest absolute Gasteiger partial charge is 0.509 e. The highest BCUT2D eigenvalue weighted by Gasteiger charge is 2.12. The molecular weight excluding hydrogens is 318 g/mol. The Balaban J connectivity index is 3.39. The van der Waals surface area contributed by atoms with Crippen LogP contribution in [-0.4, -0.2) is 18.2 Å². The average Bonchev–Trinajstić information content (AvgIpc) is 2.08. The van der Waals surface area contributed by atoms with Gasteiger partial charge in [0.1, 0.15) is 0 Å². The van der Waals surface area contributed by atoms with Gasteiger partial charge in [-0.05, 0) is 0 Å². The van der Waals surface area contributed by atoms with Crippen LogP contribution in [0.15, 0.2) is 6.07 Å². The van der Waals surface area contributed by atoms with Crippen molar-refractivity contribution in [1.29, 1.82) is 0 Å². The third kappa shape index (κ3) is 2.35. The first-order chi connectivity index (χ1) is 5.57. The zero-order chi connectivity index (χ0) is 9.30. The Morgan fingerprint density at radius 1 is 1.00 bits per heavy atom. The molecule has 0 bridgehead atoms. The smallest absolute Gasteiger partial charge is 0.296 e. The summed E-state index contributed by atoms with van der Waals surface area (Å²) >= 11 is 26.1. The SMILES string of the molecule is Clc1c[c]([Mg][Br])c(Cl)c(Cl)c1Cl. The van der Waals surface area contributed by atoms with Crippen molar-refractivity contribution in [3.8, 4) is 0 Å². The molecule has 0 aliphatic rings. The fourth-order valence-electron chi connectivity index (χ4n) is 0.719. The molecule has 0 atom stereocenters. The van der Waals surface area contributed by atoms with E-state index in [1.807, 2.05) is 0 Å². The van der Waals surface area contributed by atoms with Gasteiger partial charge in [0.2, 0.25) is 0 Å². The lowest BCUT2D eigenvalue weighted by Gasteiger charge is -2.06. The van der Waals surface area contributed by atoms with Crippen LogP contribution in [0.5, 0.6) is 0 Å². The van der Waals surface area contributed by atoms with Crippen LogP contribution in [0.1, 0.15) is 0 Å². The highest BCUT2D eigenvalue weighted by molar-refractivity contribution is 9.23. The molecule has 0 aliphatic heterocycles. The molecule has 0 N–H and O–H groups in total. The molecule has 1 rings (SSSR count). The monoisotopic (exact) mass is 316 g/mol. The lowest BCUT2D eigenvalue weighted by molar-refractivity contribution is 1.75. The number of hydrogen-bond acceptors (Lipinski definition) is 0. The summed E-state index contributed by atoms with van der Waals surface area (Å²) in [5.41, 5.74) is 0. The Labute approximate surface area is 106 Å². The van der Waals surface area contributed by atoms with Crippen molar-refractivity contribution in [2.75, 3.05) is 0 Å². The summed E-state index contributed by atoms with van der Waals surface area (Å²) < 4.78 is 0.969. The first kappa shape index (κ1) is 11.7. The first-order valence-corrected chi connectivity index (χ1v) is 9.07. The Hall–Kier alpha value is 1.63. The van der Waals surface area contributed by atoms with Crippen molar-refractivity contribution in [2.45, 2.75) is 0 Å². The zero-order valence-electron chi connectivity index (χ0n) is 5.67. The highest BCUT2D eigenvalue weighted by Crippen LogP contribution is 2.34. The van der Waals surface area contributed by atoms with E-state index in [0.29, 0.717) is 20.1 Å². The number of halogens is 5. The van der Waals surface area contributed by atoms with Gasteiger partial charge in [0, 0.05) is 5.02 Å². The molecular formula is C6HBrCl4Mg. The van der Waals surface area contributed by atoms with Gasteiger partial charge in [0.05, 0.1) is 15.1 Å². The van der Waals surface area contributed by atoms with Crippen molar-refractivity contribution in [3.63, 3.8) is 0 Å². The van der Waals surface area contributed by atoms with E-state index in [1.54, 1.807) is 6.07 Å². The number of rotatable bonds is 1. The number of benzene rings is 1. The van der Waals surface area contributed by atoms with E-state index in [1.165, 1.54) is 0 Å². The Morgan fingerprint density at radius 2 is 1.58 bits per heavy atom. The third-order valence-corrected chi connectivity index (χ3v) is 5.99. The van der Waals surface area contributed by atoms with Crippen molar-refractivity contribution in [1.82, 2.24) is 0 Å². The van der Waals surface area contributed by atoms with Gasteiger partial charge in [0.15, 0.2) is 0 Å². The van der Waals surface area contributed by atoms with Crippen molar-refractivity contribution in [2.24, 2.45) is 0 Å². The molecule has 62 valence electrons. The Morgan fingerprint density at radius 3 is 2.08 bits per heavy atom. The van der Waals surface area contributed by atoms with Gasteiger partial charge in [0.25, 0.3) is 0 Å². The average molecular weight is 319 g/mol. The normalized spacial score (nSPS) is 9.75. The van der Waals surface area contributed by atoms with Gasteiger partial charge in [-0.25, -0.2) is 0 Å². The fraction of sp³-hybridized carbons (Fsp3) is 0. The molecule has 0 unspecified atom stereocenters. The minimum Gasteiger partial charge on any atom is -0.296 e. The molecule has 12 heavy (non-hydrogen) atoms. The van der Waals surface area contributed by atoms with Crippen LogP contribution in [0.2, 0.25) is 20.1 Å². The second kappa shape index (κ2) is 4.92. The molecule has 0 heterocycles. The number of hydrogen-bond donors (Lipinski definition) is 0. The van der Waals surface area contributed by atoms with Gasteiger partial charge >= 0.3 is 18.2 Å². The van der Waals surface area contributed by atoms with Gasteiger partial charge in [-0.3, -0.25) is 12.9 Å². The summed E-state index contributed by atoms with van der Waals surface area (Å²) in [6.45, 7) is 0. The summed E-state index contributed by atoms with van der Waals surface area (Å²) in [5.74, 6) is 0. The van der Waals surface area contributed by atoms with Crippen LogP contribution < -0.4 is 3.69 Å². The van der Waals surface area contributed by atoms with Crippen molar-refractivity contribution in [3.05, 3.63) is 26.2 Å². The van der Waals surface area contributed by atoms with E-state index in [9.17, 15) is 0 Å². The fourth-order valence-corrected chi connectivity index (χ4v) is 4.39. The van der Waals surface area contributed by atoms with E-state index in [0.717, 1.165) is 3.69 Å². The Kier molecular flexibility index (Phi) is 4.80. The van der Waals surface area contributed by atoms with Crippen LogP contribution in [0.25, 0.3) is 0 Å². The van der Waals surface area contributed by atoms with Gasteiger partial charge in [-0.1, -0.05) is 52.5 Å². The molecule has 0 spiro atoms. The topological polar surface area (TPSA) is 0 Å². The highest BCUT2D eigenvalue weighted by atomic mass is 79.9. The van der Waals surface area contributed by atoms with Crippen LogP contribution in [0.3, 0.4) is 0 Å². The summed E-state index contributed by atoms with van der Waals surface area (Å²) in [7, 11) is 0. The van der Waals surface area contributed by atoms with E-state index < -0.39 is 18.2 Å². The maximum atomic E-state index is 5.90. The lowest BCUT2D eigenvalue weighted by atomic mass is 10.3. The molecule has 0 aromatic heterocycles. The quantitative estimate of drug-likeness (QED) is 0.418. The Bertz CT molecular complexity index is 315. The van der Waals surface area contributed by atoms with Gasteiger partial charge < -0.3 is 0 Å². The van der Waals surface area contributed by atoms with Crippen LogP contribution in [0.4, 0.5) is 0 Å². The molecule has 0 fully saturated rings. The molecule has 6 heteroatoms. The first-order valence-electron chi connectivity index (χ1n) is 2.95. The lowest BCUT2D eigenvalue weighted by Crippen LogP contribution is -2.10. The molecule has 1 aromatic rings. The predicted octanol–water partition coefficient (Wildman–Crippen LogP) is 3.94. The molecule has 0 radical (unpaired) electrons. The molecule has 0 saturated carbocycles. The summed E-state index contributed by atoms with van der Waals surface area (Å²) in [5, 5.41) is 1.62. The van der Waals surface area contributed by atoms with Crippen LogP contribution >= 0.6 is 59.3 Å². The summed E-state index contributed by atoms with van der Waals surface area (Å²) in [6.07, 6.45) is 0. The minimum absolute atomic E-state index is 0.321. The molecule has 0 nitrogen and oxygen atoms in total. The molecule has 0 aliphatic carbocycles. The second-order valence-electron chi connectivity index (χ2n) is 2.09. The maximum Gasteiger partial charge on any atom is 0.509 e. The van der Waals surface area contributed by atoms with E-state index >= 15 is 0 Å². The molecule has 0 amide bonds. The summed E-state index contributed by atoms with van der Waals surface area (Å²) in [6, 6.07) is 1.75. The van der Waals surface area contributed by atoms with Crippen molar-refractivity contribution < 1.29 is 0 Å². The van der Waals surface area contributed by atoms with E-state index in [4.69, 9.17) is 46.4 Å². The van der Waals surface area contributed by atoms with Gasteiger partial charge in [-0.15, -0.1) is 3.69 Å². The summed E-state index contributed by atoms with van der Waals surface area (Å²) in [4.78, 5) is 0. The van der Waals surface area contributed by atoms with E-state index in [2.05, 4.69) is 12.9 Å². The van der Waals surface area contributed by atoms with Crippen molar-refractivity contribution >= 4 is 81.2 Å². The van der Waals surface area contributed by atoms with Gasteiger partial charge in [-0.2, -0.15) is 0 Å². The van der Waals surface area contributed by atoms with Crippen LogP contribution in [-0.2, 0) is 0 Å². The second-order valence-corrected chi connectivity index (χ2v) is 6.35. The zero-order valence-corrected chi connectivity index (χ0v) is 11.7. The van der Waals surface area contributed by atoms with Crippen LogP contribution in [0, 0.1) is 0 Å².